The molecule has 1 N–H and O–H groups in total. The largest absolute Gasteiger partial charge is 0.349 e. The van der Waals surface area contributed by atoms with Crippen molar-refractivity contribution in [1.82, 2.24) is 10.3 Å². The molecule has 2 aromatic rings. The number of aryl methyl sites for hydroxylation is 1. The molecule has 1 heterocycles. The zero-order chi connectivity index (χ0) is 15.9. The Labute approximate surface area is 140 Å². The molecule has 118 valence electrons. The minimum absolute atomic E-state index is 0.0624. The van der Waals surface area contributed by atoms with E-state index in [0.717, 1.165) is 16.5 Å². The summed E-state index contributed by atoms with van der Waals surface area (Å²) in [4.78, 5) is 16.6. The van der Waals surface area contributed by atoms with E-state index in [-0.39, 0.29) is 11.9 Å². The average Bonchev–Trinajstić information content (AvgIpc) is 2.91. The number of hydrogen-bond acceptors (Lipinski definition) is 4. The highest BCUT2D eigenvalue weighted by Crippen LogP contribution is 2.24. The topological polar surface area (TPSA) is 42.0 Å². The van der Waals surface area contributed by atoms with Crippen LogP contribution in [-0.4, -0.2) is 16.6 Å². The summed E-state index contributed by atoms with van der Waals surface area (Å²) in [7, 11) is 0. The van der Waals surface area contributed by atoms with Crippen LogP contribution in [0.3, 0.4) is 0 Å². The monoisotopic (exact) mass is 334 g/mol. The molecule has 0 aliphatic rings. The standard InChI is InChI=1S/C17H22N2OS2/c1-12(2)9-15(14-7-5-4-6-8-14)19-16(20)11-22-17-18-13(3)10-21-17/h4-8,10,12,15H,9,11H2,1-3H3,(H,19,20)/t15-/m1/s1. The Morgan fingerprint density at radius 1 is 1.32 bits per heavy atom. The van der Waals surface area contributed by atoms with Crippen LogP contribution in [0.15, 0.2) is 40.1 Å². The van der Waals surface area contributed by atoms with E-state index in [2.05, 4.69) is 36.3 Å². The smallest absolute Gasteiger partial charge is 0.230 e. The van der Waals surface area contributed by atoms with Crippen molar-refractivity contribution in [2.75, 3.05) is 5.75 Å². The number of aromatic nitrogens is 1. The van der Waals surface area contributed by atoms with Gasteiger partial charge in [-0.15, -0.1) is 11.3 Å². The number of carbonyl (C=O) groups excluding carboxylic acids is 1. The molecule has 1 aromatic carbocycles. The SMILES string of the molecule is Cc1csc(SCC(=O)N[C@H](CC(C)C)c2ccccc2)n1. The van der Waals surface area contributed by atoms with Crippen LogP contribution in [0.2, 0.25) is 0 Å². The summed E-state index contributed by atoms with van der Waals surface area (Å²) in [5, 5.41) is 5.16. The molecule has 0 radical (unpaired) electrons. The number of benzene rings is 1. The molecule has 1 atom stereocenters. The van der Waals surface area contributed by atoms with Crippen LogP contribution in [-0.2, 0) is 4.79 Å². The number of rotatable bonds is 7. The third-order valence-corrected chi connectivity index (χ3v) is 5.31. The summed E-state index contributed by atoms with van der Waals surface area (Å²) in [5.41, 5.74) is 2.18. The van der Waals surface area contributed by atoms with Gasteiger partial charge in [0.15, 0.2) is 4.34 Å². The highest BCUT2D eigenvalue weighted by molar-refractivity contribution is 8.01. The van der Waals surface area contributed by atoms with Crippen LogP contribution in [0.1, 0.15) is 37.6 Å². The minimum Gasteiger partial charge on any atom is -0.349 e. The van der Waals surface area contributed by atoms with Gasteiger partial charge in [0.2, 0.25) is 5.91 Å². The van der Waals surface area contributed by atoms with Gasteiger partial charge in [0.1, 0.15) is 0 Å². The first kappa shape index (κ1) is 17.0. The predicted molar refractivity (Wildman–Crippen MR) is 94.4 cm³/mol. The highest BCUT2D eigenvalue weighted by Gasteiger charge is 2.16. The quantitative estimate of drug-likeness (QED) is 0.761. The molecule has 1 amide bonds. The molecule has 0 saturated carbocycles. The van der Waals surface area contributed by atoms with Gasteiger partial charge in [-0.3, -0.25) is 4.79 Å². The molecule has 2 rings (SSSR count). The van der Waals surface area contributed by atoms with Crippen LogP contribution >= 0.6 is 23.1 Å². The first-order valence-corrected chi connectivity index (χ1v) is 9.30. The Morgan fingerprint density at radius 2 is 2.05 bits per heavy atom. The molecule has 0 aliphatic heterocycles. The lowest BCUT2D eigenvalue weighted by Gasteiger charge is -2.21. The van der Waals surface area contributed by atoms with Crippen molar-refractivity contribution in [1.29, 1.82) is 0 Å². The van der Waals surface area contributed by atoms with Gasteiger partial charge >= 0.3 is 0 Å². The predicted octanol–water partition coefficient (Wildman–Crippen LogP) is 4.45. The molecule has 0 unspecified atom stereocenters. The Hall–Kier alpha value is -1.33. The van der Waals surface area contributed by atoms with Gasteiger partial charge in [-0.05, 0) is 24.8 Å². The number of nitrogens with zero attached hydrogens (tertiary/aromatic N) is 1. The normalized spacial score (nSPS) is 12.4. The number of hydrogen-bond donors (Lipinski definition) is 1. The van der Waals surface area contributed by atoms with Crippen molar-refractivity contribution in [2.24, 2.45) is 5.92 Å². The maximum absolute atomic E-state index is 12.2. The number of thiazole rings is 1. The van der Waals surface area contributed by atoms with Crippen molar-refractivity contribution in [3.63, 3.8) is 0 Å². The van der Waals surface area contributed by atoms with Crippen molar-refractivity contribution in [2.45, 2.75) is 37.6 Å². The Bertz CT molecular complexity index is 596. The van der Waals surface area contributed by atoms with Crippen molar-refractivity contribution >= 4 is 29.0 Å². The second-order valence-electron chi connectivity index (χ2n) is 5.70. The second-order valence-corrected chi connectivity index (χ2v) is 7.78. The molecule has 5 heteroatoms. The summed E-state index contributed by atoms with van der Waals surface area (Å²) >= 11 is 3.09. The lowest BCUT2D eigenvalue weighted by atomic mass is 9.97. The lowest BCUT2D eigenvalue weighted by molar-refractivity contribution is -0.119. The van der Waals surface area contributed by atoms with E-state index in [1.165, 1.54) is 17.3 Å². The zero-order valence-electron chi connectivity index (χ0n) is 13.2. The van der Waals surface area contributed by atoms with E-state index < -0.39 is 0 Å². The summed E-state index contributed by atoms with van der Waals surface area (Å²) in [6, 6.07) is 10.3. The zero-order valence-corrected chi connectivity index (χ0v) is 14.8. The van der Waals surface area contributed by atoms with Crippen molar-refractivity contribution in [3.05, 3.63) is 47.0 Å². The molecular formula is C17H22N2OS2. The van der Waals surface area contributed by atoms with Gasteiger partial charge in [0.25, 0.3) is 0 Å². The summed E-state index contributed by atoms with van der Waals surface area (Å²) < 4.78 is 0.952. The van der Waals surface area contributed by atoms with E-state index in [1.807, 2.05) is 30.5 Å². The van der Waals surface area contributed by atoms with E-state index in [1.54, 1.807) is 11.3 Å². The van der Waals surface area contributed by atoms with Gasteiger partial charge < -0.3 is 5.32 Å². The highest BCUT2D eigenvalue weighted by atomic mass is 32.2. The number of amides is 1. The molecule has 1 aromatic heterocycles. The average molecular weight is 335 g/mol. The van der Waals surface area contributed by atoms with Crippen LogP contribution in [0.4, 0.5) is 0 Å². The maximum Gasteiger partial charge on any atom is 0.230 e. The molecule has 0 bridgehead atoms. The molecule has 22 heavy (non-hydrogen) atoms. The Kier molecular flexibility index (Phi) is 6.46. The molecule has 3 nitrogen and oxygen atoms in total. The molecule has 0 saturated heterocycles. The molecule has 0 spiro atoms. The van der Waals surface area contributed by atoms with Gasteiger partial charge in [0, 0.05) is 11.1 Å². The molecule has 0 aliphatic carbocycles. The van der Waals surface area contributed by atoms with Crippen LogP contribution in [0.5, 0.6) is 0 Å². The molecular weight excluding hydrogens is 312 g/mol. The third-order valence-electron chi connectivity index (χ3n) is 3.17. The van der Waals surface area contributed by atoms with Crippen LogP contribution < -0.4 is 5.32 Å². The minimum atomic E-state index is 0.0624. The van der Waals surface area contributed by atoms with E-state index in [9.17, 15) is 4.79 Å². The summed E-state index contributed by atoms with van der Waals surface area (Å²) in [6.07, 6.45) is 0.941. The van der Waals surface area contributed by atoms with Crippen LogP contribution in [0.25, 0.3) is 0 Å². The van der Waals surface area contributed by atoms with Gasteiger partial charge in [-0.25, -0.2) is 4.98 Å². The fourth-order valence-corrected chi connectivity index (χ4v) is 3.86. The van der Waals surface area contributed by atoms with Crippen molar-refractivity contribution in [3.8, 4) is 0 Å². The third kappa shape index (κ3) is 5.46. The maximum atomic E-state index is 12.2. The lowest BCUT2D eigenvalue weighted by Crippen LogP contribution is -2.30. The molecule has 0 fully saturated rings. The first-order chi connectivity index (χ1) is 10.5. The summed E-state index contributed by atoms with van der Waals surface area (Å²) in [6.45, 7) is 6.32. The first-order valence-electron chi connectivity index (χ1n) is 7.44. The Morgan fingerprint density at radius 3 is 2.64 bits per heavy atom. The summed E-state index contributed by atoms with van der Waals surface area (Å²) in [5.74, 6) is 1.00. The second kappa shape index (κ2) is 8.34. The number of nitrogens with one attached hydrogen (secondary N) is 1. The van der Waals surface area contributed by atoms with Gasteiger partial charge in [-0.1, -0.05) is 55.9 Å². The van der Waals surface area contributed by atoms with E-state index >= 15 is 0 Å². The van der Waals surface area contributed by atoms with E-state index in [4.69, 9.17) is 0 Å². The van der Waals surface area contributed by atoms with Crippen molar-refractivity contribution < 1.29 is 4.79 Å². The van der Waals surface area contributed by atoms with Crippen LogP contribution in [0, 0.1) is 12.8 Å². The van der Waals surface area contributed by atoms with Gasteiger partial charge in [0.05, 0.1) is 11.8 Å². The van der Waals surface area contributed by atoms with Gasteiger partial charge in [-0.2, -0.15) is 0 Å². The fourth-order valence-electron chi connectivity index (χ4n) is 2.20. The number of carbonyl (C=O) groups is 1. The van der Waals surface area contributed by atoms with E-state index in [0.29, 0.717) is 11.7 Å². The Balaban J connectivity index is 1.93. The number of thioether (sulfide) groups is 1. The fraction of sp³-hybridized carbons (Fsp3) is 0.412.